The molecule has 3 N–H and O–H groups in total. The van der Waals surface area contributed by atoms with Gasteiger partial charge in [-0.25, -0.2) is 13.6 Å². The molecule has 184 valence electrons. The number of carbonyl (C=O) groups is 2. The van der Waals surface area contributed by atoms with Crippen LogP contribution in [0.2, 0.25) is 0 Å². The molecule has 1 atom stereocenters. The molecule has 1 fully saturated rings. The summed E-state index contributed by atoms with van der Waals surface area (Å²) in [6.45, 7) is 2.53. The zero-order chi connectivity index (χ0) is 25.3. The molecular formula is C23H24F2N6O4. The number of halogens is 2. The molecule has 0 saturated carbocycles. The van der Waals surface area contributed by atoms with E-state index in [1.807, 2.05) is 6.92 Å². The lowest BCUT2D eigenvalue weighted by molar-refractivity contribution is -0.117. The highest BCUT2D eigenvalue weighted by Gasteiger charge is 2.32. The minimum absolute atomic E-state index is 0.00848. The van der Waals surface area contributed by atoms with Crippen LogP contribution in [0.15, 0.2) is 40.2 Å². The van der Waals surface area contributed by atoms with Gasteiger partial charge in [0.05, 0.1) is 23.0 Å². The number of anilines is 2. The minimum Gasteiger partial charge on any atom is -0.385 e. The number of hydrogen-bond acceptors (Lipinski definition) is 6. The van der Waals surface area contributed by atoms with Crippen LogP contribution in [0.3, 0.4) is 0 Å². The molecule has 35 heavy (non-hydrogen) atoms. The highest BCUT2D eigenvalue weighted by Crippen LogP contribution is 2.28. The average molecular weight is 486 g/mol. The average Bonchev–Trinajstić information content (AvgIpc) is 3.41. The van der Waals surface area contributed by atoms with Gasteiger partial charge in [0.1, 0.15) is 17.5 Å². The van der Waals surface area contributed by atoms with Crippen LogP contribution in [0.4, 0.5) is 20.3 Å². The Morgan fingerprint density at radius 2 is 2.03 bits per heavy atom. The first-order valence-electron chi connectivity index (χ1n) is 11.1. The maximum atomic E-state index is 14.1. The smallest absolute Gasteiger partial charge is 0.329 e. The summed E-state index contributed by atoms with van der Waals surface area (Å²) in [5.41, 5.74) is 4.83. The Labute approximate surface area is 198 Å². The van der Waals surface area contributed by atoms with E-state index in [1.54, 1.807) is 0 Å². The zero-order valence-electron chi connectivity index (χ0n) is 19.0. The number of nitrogens with one attached hydrogen (secondary N) is 1. The molecule has 4 rings (SSSR count). The summed E-state index contributed by atoms with van der Waals surface area (Å²) in [6, 6.07) is 3.05. The third kappa shape index (κ3) is 4.91. The fourth-order valence-electron chi connectivity index (χ4n) is 4.20. The molecule has 0 spiro atoms. The molecule has 1 aromatic carbocycles. The molecule has 3 heterocycles. The summed E-state index contributed by atoms with van der Waals surface area (Å²) in [5.74, 6) is -2.59. The molecule has 1 aliphatic rings. The van der Waals surface area contributed by atoms with Crippen molar-refractivity contribution in [2.24, 2.45) is 5.92 Å². The quantitative estimate of drug-likeness (QED) is 0.463. The van der Waals surface area contributed by atoms with Crippen molar-refractivity contribution in [3.8, 4) is 0 Å². The van der Waals surface area contributed by atoms with E-state index in [2.05, 4.69) is 10.1 Å². The largest absolute Gasteiger partial charge is 0.385 e. The van der Waals surface area contributed by atoms with E-state index in [9.17, 15) is 28.0 Å². The van der Waals surface area contributed by atoms with Crippen LogP contribution in [-0.4, -0.2) is 37.6 Å². The van der Waals surface area contributed by atoms with Crippen molar-refractivity contribution in [3.05, 3.63) is 74.2 Å². The van der Waals surface area contributed by atoms with Crippen LogP contribution in [-0.2, 0) is 24.3 Å². The lowest BCUT2D eigenvalue weighted by atomic mass is 10.1. The summed E-state index contributed by atoms with van der Waals surface area (Å²) in [7, 11) is 0. The van der Waals surface area contributed by atoms with Gasteiger partial charge in [-0.15, -0.1) is 0 Å². The minimum atomic E-state index is -0.814. The van der Waals surface area contributed by atoms with Crippen molar-refractivity contribution >= 4 is 23.2 Å². The number of aromatic nitrogens is 4. The number of amides is 1. The highest BCUT2D eigenvalue weighted by atomic mass is 19.1. The van der Waals surface area contributed by atoms with E-state index >= 15 is 0 Å². The molecule has 0 radical (unpaired) electrons. The summed E-state index contributed by atoms with van der Waals surface area (Å²) in [4.78, 5) is 53.5. The Bertz CT molecular complexity index is 1410. The first-order valence-corrected chi connectivity index (χ1v) is 11.1. The Morgan fingerprint density at radius 3 is 2.74 bits per heavy atom. The van der Waals surface area contributed by atoms with Crippen molar-refractivity contribution in [2.45, 2.75) is 39.3 Å². The standard InChI is InChI=1S/C23H24F2N6O4/c1-2-5-30-22(34)16(21(26)28-23(30)35)8-19(32)14-9-27-29(12-14)10-13-6-20(33)31(11-13)18-4-3-15(24)7-17(18)25/h3-4,7,9,12-13H,2,5-6,8,10-11,26H2,1H3,(H,28,35). The first-order chi connectivity index (χ1) is 16.7. The second kappa shape index (κ2) is 9.65. The van der Waals surface area contributed by atoms with Crippen molar-refractivity contribution in [2.75, 3.05) is 17.2 Å². The van der Waals surface area contributed by atoms with Gasteiger partial charge in [-0.05, 0) is 18.6 Å². The number of nitrogens with zero attached hydrogens (tertiary/aromatic N) is 4. The van der Waals surface area contributed by atoms with E-state index < -0.39 is 28.7 Å². The fourth-order valence-corrected chi connectivity index (χ4v) is 4.20. The SMILES string of the molecule is CCCn1c(=O)[nH]c(N)c(CC(=O)c2cnn(CC3CC(=O)N(c4ccc(F)cc4F)C3)c2)c1=O. The van der Waals surface area contributed by atoms with E-state index in [0.29, 0.717) is 13.0 Å². The number of carbonyl (C=O) groups excluding carboxylic acids is 2. The number of aromatic amines is 1. The van der Waals surface area contributed by atoms with Gasteiger partial charge in [0.25, 0.3) is 5.56 Å². The van der Waals surface area contributed by atoms with E-state index in [1.165, 1.54) is 28.0 Å². The second-order valence-electron chi connectivity index (χ2n) is 8.50. The van der Waals surface area contributed by atoms with Gasteiger partial charge in [0, 0.05) is 50.7 Å². The molecule has 0 bridgehead atoms. The molecule has 1 aliphatic heterocycles. The fraction of sp³-hybridized carbons (Fsp3) is 0.348. The monoisotopic (exact) mass is 486 g/mol. The molecule has 1 unspecified atom stereocenters. The number of ketones is 1. The van der Waals surface area contributed by atoms with Crippen LogP contribution < -0.4 is 21.9 Å². The van der Waals surface area contributed by atoms with Gasteiger partial charge in [-0.3, -0.25) is 28.6 Å². The Morgan fingerprint density at radius 1 is 1.26 bits per heavy atom. The Balaban J connectivity index is 1.45. The first kappa shape index (κ1) is 24.0. The molecule has 1 saturated heterocycles. The maximum Gasteiger partial charge on any atom is 0.329 e. The molecule has 1 amide bonds. The van der Waals surface area contributed by atoms with Gasteiger partial charge in [0.15, 0.2) is 5.78 Å². The predicted molar refractivity (Wildman–Crippen MR) is 123 cm³/mol. The third-order valence-electron chi connectivity index (χ3n) is 5.91. The van der Waals surface area contributed by atoms with Crippen LogP contribution in [0.1, 0.15) is 35.7 Å². The van der Waals surface area contributed by atoms with Crippen LogP contribution in [0.25, 0.3) is 0 Å². The number of H-pyrrole nitrogens is 1. The predicted octanol–water partition coefficient (Wildman–Crippen LogP) is 1.48. The number of nitrogens with two attached hydrogens (primary N) is 1. The van der Waals surface area contributed by atoms with E-state index in [4.69, 9.17) is 5.73 Å². The molecule has 0 aliphatic carbocycles. The lowest BCUT2D eigenvalue weighted by Crippen LogP contribution is -2.38. The maximum absolute atomic E-state index is 14.1. The highest BCUT2D eigenvalue weighted by molar-refractivity contribution is 5.97. The van der Waals surface area contributed by atoms with Crippen molar-refractivity contribution in [1.29, 1.82) is 0 Å². The second-order valence-corrected chi connectivity index (χ2v) is 8.50. The van der Waals surface area contributed by atoms with E-state index in [0.717, 1.165) is 16.7 Å². The lowest BCUT2D eigenvalue weighted by Gasteiger charge is -2.17. The number of Topliss-reactive ketones (excluding diaryl/α,β-unsaturated/α-hetero) is 1. The third-order valence-corrected chi connectivity index (χ3v) is 5.91. The summed E-state index contributed by atoms with van der Waals surface area (Å²) < 4.78 is 29.8. The van der Waals surface area contributed by atoms with Gasteiger partial charge in [0.2, 0.25) is 5.91 Å². The normalized spacial score (nSPS) is 15.7. The summed E-state index contributed by atoms with van der Waals surface area (Å²) >= 11 is 0. The molecule has 12 heteroatoms. The van der Waals surface area contributed by atoms with Crippen molar-refractivity contribution < 1.29 is 18.4 Å². The molecule has 2 aromatic heterocycles. The number of nitrogen functional groups attached to an aromatic ring is 1. The Kier molecular flexibility index (Phi) is 6.63. The molecular weight excluding hydrogens is 462 g/mol. The number of rotatable bonds is 8. The van der Waals surface area contributed by atoms with Crippen molar-refractivity contribution in [1.82, 2.24) is 19.3 Å². The molecule has 10 nitrogen and oxygen atoms in total. The summed E-state index contributed by atoms with van der Waals surface area (Å²) in [5, 5.41) is 4.17. The Hall–Kier alpha value is -4.09. The topological polar surface area (TPSA) is 136 Å². The van der Waals surface area contributed by atoms with Gasteiger partial charge < -0.3 is 10.6 Å². The molecule has 3 aromatic rings. The van der Waals surface area contributed by atoms with Gasteiger partial charge >= 0.3 is 5.69 Å². The van der Waals surface area contributed by atoms with Crippen molar-refractivity contribution in [3.63, 3.8) is 0 Å². The van der Waals surface area contributed by atoms with E-state index in [-0.39, 0.29) is 60.4 Å². The van der Waals surface area contributed by atoms with Gasteiger partial charge in [-0.2, -0.15) is 5.10 Å². The zero-order valence-corrected chi connectivity index (χ0v) is 19.0. The number of hydrogen-bond donors (Lipinski definition) is 2. The van der Waals surface area contributed by atoms with Crippen LogP contribution in [0.5, 0.6) is 0 Å². The number of benzene rings is 1. The van der Waals surface area contributed by atoms with Gasteiger partial charge in [-0.1, -0.05) is 6.92 Å². The van der Waals surface area contributed by atoms with Crippen LogP contribution in [0, 0.1) is 17.6 Å². The van der Waals surface area contributed by atoms with Crippen LogP contribution >= 0.6 is 0 Å². The summed E-state index contributed by atoms with van der Waals surface area (Å²) in [6.07, 6.45) is 3.24.